The van der Waals surface area contributed by atoms with Gasteiger partial charge < -0.3 is 0 Å². The molecule has 3 nitrogen and oxygen atoms in total. The van der Waals surface area contributed by atoms with E-state index in [0.717, 1.165) is 6.26 Å². The van der Waals surface area contributed by atoms with Crippen molar-refractivity contribution in [1.29, 1.82) is 0 Å². The number of rotatable bonds is 5. The average molecular weight is 268 g/mol. The maximum atomic E-state index is 12.3. The number of hydrogen-bond acceptors (Lipinski definition) is 3. The summed E-state index contributed by atoms with van der Waals surface area (Å²) in [6.45, 7) is 0. The van der Waals surface area contributed by atoms with Crippen LogP contribution in [0, 0.1) is 0 Å². The van der Waals surface area contributed by atoms with E-state index in [9.17, 15) is 35.2 Å². The molecule has 0 bridgehead atoms. The first-order valence-corrected chi connectivity index (χ1v) is 6.09. The molecule has 0 radical (unpaired) electrons. The van der Waals surface area contributed by atoms with Gasteiger partial charge in [-0.3, -0.25) is 4.79 Å². The molecule has 0 aromatic rings. The van der Waals surface area contributed by atoms with Crippen LogP contribution >= 0.6 is 0 Å². The molecule has 0 aromatic carbocycles. The molecule has 0 spiro atoms. The fraction of sp³-hybridized carbons (Fsp3) is 0.857. The lowest BCUT2D eigenvalue weighted by atomic mass is 10.1. The summed E-state index contributed by atoms with van der Waals surface area (Å²) in [5.74, 6) is -8.33. The molecule has 0 N–H and O–H groups in total. The van der Waals surface area contributed by atoms with E-state index in [1.165, 1.54) is 0 Å². The Hall–Kier alpha value is -0.730. The van der Waals surface area contributed by atoms with Crippen molar-refractivity contribution in [2.24, 2.45) is 0 Å². The van der Waals surface area contributed by atoms with Crippen molar-refractivity contribution in [2.75, 3.05) is 12.0 Å². The van der Waals surface area contributed by atoms with Gasteiger partial charge in [-0.2, -0.15) is 22.0 Å². The highest BCUT2D eigenvalue weighted by atomic mass is 32.2. The Morgan fingerprint density at radius 2 is 1.56 bits per heavy atom. The van der Waals surface area contributed by atoms with E-state index in [2.05, 4.69) is 0 Å². The van der Waals surface area contributed by atoms with Crippen LogP contribution in [-0.4, -0.2) is 38.3 Å². The Labute approximate surface area is 88.5 Å². The van der Waals surface area contributed by atoms with Crippen LogP contribution in [0.4, 0.5) is 22.0 Å². The molecule has 0 aliphatic heterocycles. The molecule has 0 rings (SSSR count). The lowest BCUT2D eigenvalue weighted by Crippen LogP contribution is -2.44. The van der Waals surface area contributed by atoms with Crippen molar-refractivity contribution >= 4 is 15.6 Å². The summed E-state index contributed by atoms with van der Waals surface area (Å²) in [4.78, 5) is 10.5. The predicted molar refractivity (Wildman–Crippen MR) is 45.0 cm³/mol. The van der Waals surface area contributed by atoms with Gasteiger partial charge in [0.25, 0.3) is 0 Å². The van der Waals surface area contributed by atoms with Gasteiger partial charge in [-0.1, -0.05) is 0 Å². The molecule has 0 unspecified atom stereocenters. The molecule has 96 valence electrons. The highest BCUT2D eigenvalue weighted by Gasteiger charge is 2.62. The second-order valence-corrected chi connectivity index (χ2v) is 5.49. The fourth-order valence-electron chi connectivity index (χ4n) is 0.810. The third-order valence-corrected chi connectivity index (χ3v) is 2.66. The largest absolute Gasteiger partial charge is 0.461 e. The van der Waals surface area contributed by atoms with Gasteiger partial charge in [-0.25, -0.2) is 8.42 Å². The molecule has 0 atom stereocenters. The van der Waals surface area contributed by atoms with Gasteiger partial charge in [0.1, 0.15) is 9.84 Å². The van der Waals surface area contributed by atoms with Crippen molar-refractivity contribution in [1.82, 2.24) is 0 Å². The number of carbonyl (C=O) groups is 1. The van der Waals surface area contributed by atoms with Gasteiger partial charge in [0.15, 0.2) is 0 Å². The molecule has 0 aliphatic rings. The van der Waals surface area contributed by atoms with Crippen molar-refractivity contribution < 1.29 is 35.2 Å². The summed E-state index contributed by atoms with van der Waals surface area (Å²) in [5, 5.41) is 0. The number of ketones is 1. The van der Waals surface area contributed by atoms with Crippen LogP contribution in [0.1, 0.15) is 12.8 Å². The third kappa shape index (κ3) is 4.42. The van der Waals surface area contributed by atoms with Gasteiger partial charge in [0, 0.05) is 12.7 Å². The molecule has 0 amide bonds. The second kappa shape index (κ2) is 4.64. The van der Waals surface area contributed by atoms with Crippen LogP contribution in [0.3, 0.4) is 0 Å². The molecular weight excluding hydrogens is 259 g/mol. The van der Waals surface area contributed by atoms with Crippen LogP contribution < -0.4 is 0 Å². The maximum absolute atomic E-state index is 12.3. The van der Waals surface area contributed by atoms with Crippen molar-refractivity contribution in [3.63, 3.8) is 0 Å². The van der Waals surface area contributed by atoms with Crippen LogP contribution in [0.25, 0.3) is 0 Å². The molecule has 0 heterocycles. The summed E-state index contributed by atoms with van der Waals surface area (Å²) in [5.41, 5.74) is 0. The Balaban J connectivity index is 4.39. The molecule has 0 saturated heterocycles. The summed E-state index contributed by atoms with van der Waals surface area (Å²) < 4.78 is 80.7. The second-order valence-electron chi connectivity index (χ2n) is 3.23. The van der Waals surface area contributed by atoms with E-state index < -0.39 is 46.3 Å². The van der Waals surface area contributed by atoms with Gasteiger partial charge in [0.05, 0.1) is 5.75 Å². The molecule has 16 heavy (non-hydrogen) atoms. The quantitative estimate of drug-likeness (QED) is 0.711. The lowest BCUT2D eigenvalue weighted by Gasteiger charge is -2.17. The summed E-state index contributed by atoms with van der Waals surface area (Å²) in [6, 6.07) is 0. The minimum absolute atomic E-state index is 0.552. The van der Waals surface area contributed by atoms with Gasteiger partial charge in [-0.15, -0.1) is 0 Å². The zero-order chi connectivity index (χ0) is 13.2. The zero-order valence-corrected chi connectivity index (χ0v) is 8.96. The van der Waals surface area contributed by atoms with Crippen LogP contribution in [-0.2, 0) is 14.6 Å². The Kier molecular flexibility index (Phi) is 4.43. The molecule has 0 aliphatic carbocycles. The zero-order valence-electron chi connectivity index (χ0n) is 8.14. The average Bonchev–Trinajstić information content (AvgIpc) is 1.99. The highest BCUT2D eigenvalue weighted by molar-refractivity contribution is 7.90. The first kappa shape index (κ1) is 15.3. The van der Waals surface area contributed by atoms with Gasteiger partial charge in [0.2, 0.25) is 5.78 Å². The molecule has 9 heteroatoms. The number of Topliss-reactive ketones (excluding diaryl/α,β-unsaturated/α-hetero) is 1. The molecular formula is C7H9F5O3S. The number of sulfone groups is 1. The van der Waals surface area contributed by atoms with E-state index >= 15 is 0 Å². The van der Waals surface area contributed by atoms with Crippen LogP contribution in [0.2, 0.25) is 0 Å². The van der Waals surface area contributed by atoms with Crippen molar-refractivity contribution in [3.8, 4) is 0 Å². The highest BCUT2D eigenvalue weighted by Crippen LogP contribution is 2.37. The van der Waals surface area contributed by atoms with Crippen molar-refractivity contribution in [3.05, 3.63) is 0 Å². The smallest absolute Gasteiger partial charge is 0.293 e. The van der Waals surface area contributed by atoms with Gasteiger partial charge >= 0.3 is 12.1 Å². The fourth-order valence-corrected chi connectivity index (χ4v) is 1.48. The number of halogens is 5. The maximum Gasteiger partial charge on any atom is 0.461 e. The standard InChI is InChI=1S/C7H9F5O3S/c1-16(14,15)4-2-3-5(13)6(8,9)7(10,11)12/h2-4H2,1H3. The van der Waals surface area contributed by atoms with E-state index in [-0.39, 0.29) is 0 Å². The summed E-state index contributed by atoms with van der Waals surface area (Å²) in [6.07, 6.45) is -6.82. The molecule has 0 saturated carbocycles. The van der Waals surface area contributed by atoms with E-state index in [4.69, 9.17) is 0 Å². The van der Waals surface area contributed by atoms with Crippen LogP contribution in [0.5, 0.6) is 0 Å². The van der Waals surface area contributed by atoms with E-state index in [0.29, 0.717) is 0 Å². The van der Waals surface area contributed by atoms with E-state index in [1.54, 1.807) is 0 Å². The summed E-state index contributed by atoms with van der Waals surface area (Å²) in [7, 11) is -3.48. The first-order chi connectivity index (χ1) is 6.88. The number of alkyl halides is 5. The van der Waals surface area contributed by atoms with Gasteiger partial charge in [-0.05, 0) is 6.42 Å². The Morgan fingerprint density at radius 3 is 1.88 bits per heavy atom. The predicted octanol–water partition coefficient (Wildman–Crippen LogP) is 1.58. The molecule has 0 fully saturated rings. The van der Waals surface area contributed by atoms with Crippen molar-refractivity contribution in [2.45, 2.75) is 24.9 Å². The van der Waals surface area contributed by atoms with E-state index in [1.807, 2.05) is 0 Å². The van der Waals surface area contributed by atoms with Crippen LogP contribution in [0.15, 0.2) is 0 Å². The summed E-state index contributed by atoms with van der Waals surface area (Å²) >= 11 is 0. The minimum atomic E-state index is -5.94. The Morgan fingerprint density at radius 1 is 1.12 bits per heavy atom. The SMILES string of the molecule is CS(=O)(=O)CCCC(=O)C(F)(F)C(F)(F)F. The lowest BCUT2D eigenvalue weighted by molar-refractivity contribution is -0.268. The topological polar surface area (TPSA) is 51.2 Å². The Bertz CT molecular complexity index is 357. The minimum Gasteiger partial charge on any atom is -0.293 e. The monoisotopic (exact) mass is 268 g/mol. The number of hydrogen-bond donors (Lipinski definition) is 0. The molecule has 0 aromatic heterocycles. The number of carbonyl (C=O) groups excluding carboxylic acids is 1. The first-order valence-electron chi connectivity index (χ1n) is 4.03. The third-order valence-electron chi connectivity index (χ3n) is 1.63. The normalized spacial score (nSPS) is 13.9.